The van der Waals surface area contributed by atoms with Gasteiger partial charge in [0, 0.05) is 25.6 Å². The van der Waals surface area contributed by atoms with E-state index in [1.807, 2.05) is 11.1 Å². The number of amides is 2. The third-order valence-electron chi connectivity index (χ3n) is 4.47. The molecule has 0 aromatic carbocycles. The zero-order chi connectivity index (χ0) is 20.5. The molecule has 0 N–H and O–H groups in total. The first-order chi connectivity index (χ1) is 13.5. The molecule has 0 spiro atoms. The molecule has 1 fully saturated rings. The third-order valence-corrected chi connectivity index (χ3v) is 4.47. The van der Waals surface area contributed by atoms with E-state index in [1.54, 1.807) is 23.8 Å². The molecule has 152 valence electrons. The van der Waals surface area contributed by atoms with Gasteiger partial charge < -0.3 is 4.84 Å². The maximum atomic E-state index is 12.4. The Kier molecular flexibility index (Phi) is 8.06. The fourth-order valence-corrected chi connectivity index (χ4v) is 2.88. The van der Waals surface area contributed by atoms with Crippen LogP contribution in [-0.4, -0.2) is 61.9 Å². The SMILES string of the molecule is C=CCN(CCCCc1cn(CC=C)nn1)[C@@H](C)C(=O)ON1C(=O)CCC1=O. The number of rotatable bonds is 12. The van der Waals surface area contributed by atoms with Gasteiger partial charge in [-0.2, -0.15) is 0 Å². The van der Waals surface area contributed by atoms with Crippen LogP contribution in [-0.2, 0) is 32.2 Å². The molecule has 2 rings (SSSR count). The van der Waals surface area contributed by atoms with Gasteiger partial charge in [-0.15, -0.1) is 23.3 Å². The maximum Gasteiger partial charge on any atom is 0.349 e. The number of allylic oxidation sites excluding steroid dienone is 1. The summed E-state index contributed by atoms with van der Waals surface area (Å²) < 4.78 is 1.73. The minimum Gasteiger partial charge on any atom is -0.329 e. The smallest absolute Gasteiger partial charge is 0.329 e. The van der Waals surface area contributed by atoms with Gasteiger partial charge >= 0.3 is 5.97 Å². The number of aryl methyl sites for hydroxylation is 1. The zero-order valence-corrected chi connectivity index (χ0v) is 16.2. The molecule has 1 aliphatic rings. The van der Waals surface area contributed by atoms with E-state index in [0.717, 1.165) is 25.0 Å². The highest BCUT2D eigenvalue weighted by Crippen LogP contribution is 2.14. The first kappa shape index (κ1) is 21.5. The van der Waals surface area contributed by atoms with Crippen LogP contribution in [0.3, 0.4) is 0 Å². The summed E-state index contributed by atoms with van der Waals surface area (Å²) in [5.41, 5.74) is 0.913. The summed E-state index contributed by atoms with van der Waals surface area (Å²) in [6.45, 7) is 10.8. The molecular formula is C19H27N5O4. The van der Waals surface area contributed by atoms with Crippen LogP contribution in [0.25, 0.3) is 0 Å². The van der Waals surface area contributed by atoms with E-state index in [9.17, 15) is 14.4 Å². The van der Waals surface area contributed by atoms with Crippen molar-refractivity contribution in [3.63, 3.8) is 0 Å². The molecule has 9 nitrogen and oxygen atoms in total. The predicted octanol–water partition coefficient (Wildman–Crippen LogP) is 1.27. The Morgan fingerprint density at radius 2 is 2.00 bits per heavy atom. The molecule has 0 radical (unpaired) electrons. The second-order valence-electron chi connectivity index (χ2n) is 6.63. The summed E-state index contributed by atoms with van der Waals surface area (Å²) in [5.74, 6) is -1.59. The van der Waals surface area contributed by atoms with Crippen molar-refractivity contribution in [1.29, 1.82) is 0 Å². The standard InChI is InChI=1S/C19H27N5O4/c1-4-11-22(13-7-6-8-16-14-23(12-5-2)21-20-16)15(3)19(27)28-24-17(25)9-10-18(24)26/h4-5,14-15H,1-2,6-13H2,3H3/t15-/m0/s1. The van der Waals surface area contributed by atoms with Crippen LogP contribution in [0.5, 0.6) is 0 Å². The van der Waals surface area contributed by atoms with E-state index >= 15 is 0 Å². The third kappa shape index (κ3) is 5.85. The van der Waals surface area contributed by atoms with Crippen molar-refractivity contribution in [2.24, 2.45) is 0 Å². The monoisotopic (exact) mass is 389 g/mol. The van der Waals surface area contributed by atoms with Gasteiger partial charge in [0.15, 0.2) is 0 Å². The molecule has 0 unspecified atom stereocenters. The van der Waals surface area contributed by atoms with Crippen molar-refractivity contribution < 1.29 is 19.2 Å². The predicted molar refractivity (Wildman–Crippen MR) is 102 cm³/mol. The summed E-state index contributed by atoms with van der Waals surface area (Å²) in [5, 5.41) is 8.71. The molecule has 9 heteroatoms. The highest BCUT2D eigenvalue weighted by molar-refractivity contribution is 6.01. The van der Waals surface area contributed by atoms with Gasteiger partial charge in [0.05, 0.1) is 12.2 Å². The number of hydrogen-bond donors (Lipinski definition) is 0. The van der Waals surface area contributed by atoms with Crippen molar-refractivity contribution in [3.8, 4) is 0 Å². The van der Waals surface area contributed by atoms with E-state index in [4.69, 9.17) is 4.84 Å². The normalized spacial score (nSPS) is 15.1. The van der Waals surface area contributed by atoms with Crippen LogP contribution in [0.2, 0.25) is 0 Å². The molecule has 0 bridgehead atoms. The fourth-order valence-electron chi connectivity index (χ4n) is 2.88. The number of unbranched alkanes of at least 4 members (excludes halogenated alkanes) is 1. The Balaban J connectivity index is 1.80. The molecule has 0 aliphatic carbocycles. The molecule has 0 saturated carbocycles. The van der Waals surface area contributed by atoms with Crippen LogP contribution in [0.15, 0.2) is 31.5 Å². The van der Waals surface area contributed by atoms with E-state index in [0.29, 0.717) is 24.7 Å². The quantitative estimate of drug-likeness (QED) is 0.302. The van der Waals surface area contributed by atoms with Crippen LogP contribution in [0, 0.1) is 0 Å². The highest BCUT2D eigenvalue weighted by Gasteiger charge is 2.35. The van der Waals surface area contributed by atoms with Crippen molar-refractivity contribution in [2.75, 3.05) is 13.1 Å². The van der Waals surface area contributed by atoms with Gasteiger partial charge in [-0.25, -0.2) is 9.48 Å². The lowest BCUT2D eigenvalue weighted by molar-refractivity contribution is -0.200. The Morgan fingerprint density at radius 1 is 1.29 bits per heavy atom. The highest BCUT2D eigenvalue weighted by atomic mass is 16.7. The molecule has 1 aliphatic heterocycles. The molecule has 1 aromatic heterocycles. The van der Waals surface area contributed by atoms with Gasteiger partial charge in [0.1, 0.15) is 6.04 Å². The molecule has 1 aromatic rings. The molecule has 2 heterocycles. The van der Waals surface area contributed by atoms with Gasteiger partial charge in [0.25, 0.3) is 11.8 Å². The van der Waals surface area contributed by atoms with Gasteiger partial charge in [-0.05, 0) is 32.7 Å². The van der Waals surface area contributed by atoms with Crippen LogP contribution in [0.1, 0.15) is 38.3 Å². The first-order valence-corrected chi connectivity index (χ1v) is 9.38. The number of nitrogens with zero attached hydrogens (tertiary/aromatic N) is 5. The lowest BCUT2D eigenvalue weighted by atomic mass is 10.1. The van der Waals surface area contributed by atoms with Crippen molar-refractivity contribution in [2.45, 2.75) is 51.6 Å². The molecule has 28 heavy (non-hydrogen) atoms. The van der Waals surface area contributed by atoms with Gasteiger partial charge in [0.2, 0.25) is 0 Å². The number of carbonyl (C=O) groups is 3. The van der Waals surface area contributed by atoms with Crippen molar-refractivity contribution >= 4 is 17.8 Å². The second kappa shape index (κ2) is 10.5. The van der Waals surface area contributed by atoms with Gasteiger partial charge in [-0.1, -0.05) is 17.4 Å². The number of imide groups is 1. The Hall–Kier alpha value is -2.81. The van der Waals surface area contributed by atoms with Crippen LogP contribution < -0.4 is 0 Å². The van der Waals surface area contributed by atoms with E-state index < -0.39 is 23.8 Å². The van der Waals surface area contributed by atoms with Crippen molar-refractivity contribution in [1.82, 2.24) is 25.0 Å². The Morgan fingerprint density at radius 3 is 2.64 bits per heavy atom. The first-order valence-electron chi connectivity index (χ1n) is 9.38. The van der Waals surface area contributed by atoms with Crippen LogP contribution >= 0.6 is 0 Å². The van der Waals surface area contributed by atoms with E-state index in [-0.39, 0.29) is 12.8 Å². The molecular weight excluding hydrogens is 362 g/mol. The average Bonchev–Trinajstić information content (AvgIpc) is 3.25. The number of carbonyl (C=O) groups excluding carboxylic acids is 3. The van der Waals surface area contributed by atoms with E-state index in [2.05, 4.69) is 23.5 Å². The molecule has 2 amide bonds. The summed E-state index contributed by atoms with van der Waals surface area (Å²) in [4.78, 5) is 42.5. The molecule has 1 atom stereocenters. The number of hydroxylamine groups is 2. The Labute approximate surface area is 164 Å². The maximum absolute atomic E-state index is 12.4. The summed E-state index contributed by atoms with van der Waals surface area (Å²) >= 11 is 0. The van der Waals surface area contributed by atoms with Crippen molar-refractivity contribution in [3.05, 3.63) is 37.2 Å². The average molecular weight is 389 g/mol. The zero-order valence-electron chi connectivity index (χ0n) is 16.2. The lowest BCUT2D eigenvalue weighted by Crippen LogP contribution is -2.44. The topological polar surface area (TPSA) is 97.6 Å². The summed E-state index contributed by atoms with van der Waals surface area (Å²) in [6.07, 6.45) is 8.02. The summed E-state index contributed by atoms with van der Waals surface area (Å²) in [6, 6.07) is -0.604. The number of hydrogen-bond acceptors (Lipinski definition) is 7. The van der Waals surface area contributed by atoms with Gasteiger partial charge in [-0.3, -0.25) is 14.5 Å². The minimum atomic E-state index is -0.627. The second-order valence-corrected chi connectivity index (χ2v) is 6.63. The largest absolute Gasteiger partial charge is 0.349 e. The fraction of sp³-hybridized carbons (Fsp3) is 0.526. The van der Waals surface area contributed by atoms with Crippen LogP contribution in [0.4, 0.5) is 0 Å². The molecule has 1 saturated heterocycles. The minimum absolute atomic E-state index is 0.0777. The lowest BCUT2D eigenvalue weighted by Gasteiger charge is -2.27. The Bertz CT molecular complexity index is 714. The summed E-state index contributed by atoms with van der Waals surface area (Å²) in [7, 11) is 0. The number of aromatic nitrogens is 3. The van der Waals surface area contributed by atoms with E-state index in [1.165, 1.54) is 0 Å².